The molecule has 0 radical (unpaired) electrons. The van der Waals surface area contributed by atoms with Gasteiger partial charge in [-0.1, -0.05) is 20.8 Å². The molecule has 1 rings (SSSR count). The molecule has 1 aromatic rings. The molecule has 7 heteroatoms. The number of benzene rings is 1. The predicted molar refractivity (Wildman–Crippen MR) is 62.8 cm³/mol. The van der Waals surface area contributed by atoms with Gasteiger partial charge in [0.25, 0.3) is 0 Å². The summed E-state index contributed by atoms with van der Waals surface area (Å²) in [4.78, 5) is 20.5. The minimum Gasteiger partial charge on any atom is -0.481 e. The lowest BCUT2D eigenvalue weighted by atomic mass is 9.76. The van der Waals surface area contributed by atoms with Gasteiger partial charge in [-0.05, 0) is 23.1 Å². The summed E-state index contributed by atoms with van der Waals surface area (Å²) in [5.74, 6) is -5.18. The van der Waals surface area contributed by atoms with Crippen LogP contribution < -0.4 is 0 Å². The lowest BCUT2D eigenvalue weighted by molar-refractivity contribution is -0.390. The van der Waals surface area contributed by atoms with Crippen molar-refractivity contribution in [3.63, 3.8) is 0 Å². The van der Waals surface area contributed by atoms with E-state index in [2.05, 4.69) is 0 Å². The van der Waals surface area contributed by atoms with Crippen molar-refractivity contribution in [3.05, 3.63) is 39.4 Å². The van der Waals surface area contributed by atoms with Gasteiger partial charge in [0.2, 0.25) is 11.6 Å². The van der Waals surface area contributed by atoms with Gasteiger partial charge in [0.15, 0.2) is 0 Å². The number of aliphatic carboxylic acids is 1. The van der Waals surface area contributed by atoms with Gasteiger partial charge < -0.3 is 5.11 Å². The van der Waals surface area contributed by atoms with Crippen LogP contribution in [0, 0.1) is 27.2 Å². The Bertz CT molecular complexity index is 514. The SMILES string of the molecule is CC(C)(C)C(C(=O)O)c1cc(F)c([N+](=O)[O-])c(F)c1. The largest absolute Gasteiger partial charge is 0.481 e. The lowest BCUT2D eigenvalue weighted by Crippen LogP contribution is -2.26. The molecule has 0 amide bonds. The molecule has 0 saturated carbocycles. The van der Waals surface area contributed by atoms with Crippen LogP contribution >= 0.6 is 0 Å². The second-order valence-electron chi connectivity index (χ2n) is 5.23. The maximum Gasteiger partial charge on any atom is 0.340 e. The number of nitrogens with zero attached hydrogens (tertiary/aromatic N) is 1. The Hall–Kier alpha value is -2.05. The molecule has 19 heavy (non-hydrogen) atoms. The van der Waals surface area contributed by atoms with Gasteiger partial charge in [-0.15, -0.1) is 0 Å². The summed E-state index contributed by atoms with van der Waals surface area (Å²) in [5.41, 5.74) is -2.21. The number of hydrogen-bond donors (Lipinski definition) is 1. The van der Waals surface area contributed by atoms with Crippen LogP contribution in [-0.2, 0) is 4.79 Å². The minimum atomic E-state index is -1.38. The van der Waals surface area contributed by atoms with Crippen molar-refractivity contribution in [2.45, 2.75) is 26.7 Å². The Morgan fingerprint density at radius 3 is 2.00 bits per heavy atom. The van der Waals surface area contributed by atoms with Crippen molar-refractivity contribution < 1.29 is 23.6 Å². The van der Waals surface area contributed by atoms with E-state index in [0.717, 1.165) is 0 Å². The van der Waals surface area contributed by atoms with E-state index in [-0.39, 0.29) is 5.56 Å². The highest BCUT2D eigenvalue weighted by Crippen LogP contribution is 2.37. The molecular weight excluding hydrogens is 260 g/mol. The molecule has 0 spiro atoms. The third kappa shape index (κ3) is 3.04. The first-order valence-corrected chi connectivity index (χ1v) is 5.42. The zero-order valence-corrected chi connectivity index (χ0v) is 10.6. The van der Waals surface area contributed by atoms with Crippen molar-refractivity contribution in [2.24, 2.45) is 5.41 Å². The Kier molecular flexibility index (Phi) is 3.88. The normalized spacial score (nSPS) is 13.1. The highest BCUT2D eigenvalue weighted by atomic mass is 19.1. The van der Waals surface area contributed by atoms with Gasteiger partial charge in [-0.3, -0.25) is 14.9 Å². The molecule has 0 heterocycles. The third-order valence-corrected chi connectivity index (χ3v) is 2.67. The number of halogens is 2. The van der Waals surface area contributed by atoms with Gasteiger partial charge in [-0.25, -0.2) is 0 Å². The first-order valence-electron chi connectivity index (χ1n) is 5.42. The molecule has 1 aromatic carbocycles. The molecule has 0 bridgehead atoms. The summed E-state index contributed by atoms with van der Waals surface area (Å²) in [6, 6.07) is 1.40. The molecule has 1 atom stereocenters. The van der Waals surface area contributed by atoms with Crippen molar-refractivity contribution in [1.29, 1.82) is 0 Å². The van der Waals surface area contributed by atoms with Crippen LogP contribution in [0.1, 0.15) is 32.3 Å². The number of rotatable bonds is 3. The minimum absolute atomic E-state index is 0.138. The molecule has 0 fully saturated rings. The predicted octanol–water partition coefficient (Wildman–Crippen LogP) is 3.09. The van der Waals surface area contributed by atoms with Crippen molar-refractivity contribution in [1.82, 2.24) is 0 Å². The molecule has 1 N–H and O–H groups in total. The molecule has 0 saturated heterocycles. The van der Waals surface area contributed by atoms with Crippen molar-refractivity contribution in [3.8, 4) is 0 Å². The van der Waals surface area contributed by atoms with E-state index in [0.29, 0.717) is 12.1 Å². The average molecular weight is 273 g/mol. The van der Waals surface area contributed by atoms with Crippen LogP contribution in [0.2, 0.25) is 0 Å². The number of carboxylic acids is 1. The highest BCUT2D eigenvalue weighted by molar-refractivity contribution is 5.77. The van der Waals surface area contributed by atoms with Crippen LogP contribution in [-0.4, -0.2) is 16.0 Å². The van der Waals surface area contributed by atoms with E-state index >= 15 is 0 Å². The summed E-state index contributed by atoms with van der Waals surface area (Å²) in [6.45, 7) is 4.80. The van der Waals surface area contributed by atoms with Gasteiger partial charge in [-0.2, -0.15) is 8.78 Å². The van der Waals surface area contributed by atoms with Crippen LogP contribution in [0.15, 0.2) is 12.1 Å². The number of carboxylic acid groups (broad SMARTS) is 1. The van der Waals surface area contributed by atoms with Gasteiger partial charge in [0.1, 0.15) is 0 Å². The number of nitro benzene ring substituents is 1. The molecule has 0 aromatic heterocycles. The molecule has 5 nitrogen and oxygen atoms in total. The standard InChI is InChI=1S/C12H13F2NO4/c1-12(2,3)9(11(16)17)6-4-7(13)10(15(18)19)8(14)5-6/h4-5,9H,1-3H3,(H,16,17). The van der Waals surface area contributed by atoms with Crippen LogP contribution in [0.4, 0.5) is 14.5 Å². The zero-order chi connectivity index (χ0) is 15.0. The van der Waals surface area contributed by atoms with Gasteiger partial charge in [0.05, 0.1) is 10.8 Å². The van der Waals surface area contributed by atoms with E-state index in [4.69, 9.17) is 5.11 Å². The molecule has 0 aliphatic rings. The molecule has 104 valence electrons. The maximum absolute atomic E-state index is 13.5. The third-order valence-electron chi connectivity index (χ3n) is 2.67. The Labute approximate surface area is 108 Å². The number of hydrogen-bond acceptors (Lipinski definition) is 3. The van der Waals surface area contributed by atoms with E-state index in [9.17, 15) is 23.7 Å². The molecular formula is C12H13F2NO4. The summed E-state index contributed by atoms with van der Waals surface area (Å²) < 4.78 is 27.0. The van der Waals surface area contributed by atoms with Gasteiger partial charge in [0, 0.05) is 0 Å². The molecule has 0 aliphatic carbocycles. The lowest BCUT2D eigenvalue weighted by Gasteiger charge is -2.27. The summed E-state index contributed by atoms with van der Waals surface area (Å²) in [5, 5.41) is 19.6. The fourth-order valence-electron chi connectivity index (χ4n) is 1.94. The second-order valence-corrected chi connectivity index (χ2v) is 5.23. The summed E-state index contributed by atoms with van der Waals surface area (Å²) in [6.07, 6.45) is 0. The van der Waals surface area contributed by atoms with Gasteiger partial charge >= 0.3 is 11.7 Å². The first-order chi connectivity index (χ1) is 8.55. The van der Waals surface area contributed by atoms with E-state index < -0.39 is 39.5 Å². The summed E-state index contributed by atoms with van der Waals surface area (Å²) >= 11 is 0. The van der Waals surface area contributed by atoms with E-state index in [1.54, 1.807) is 20.8 Å². The highest BCUT2D eigenvalue weighted by Gasteiger charge is 2.35. The van der Waals surface area contributed by atoms with Crippen LogP contribution in [0.5, 0.6) is 0 Å². The second kappa shape index (κ2) is 4.91. The topological polar surface area (TPSA) is 80.4 Å². The Morgan fingerprint density at radius 2 is 1.74 bits per heavy atom. The number of carbonyl (C=O) groups is 1. The molecule has 1 unspecified atom stereocenters. The fraction of sp³-hybridized carbons (Fsp3) is 0.417. The Morgan fingerprint density at radius 1 is 1.32 bits per heavy atom. The van der Waals surface area contributed by atoms with Crippen molar-refractivity contribution in [2.75, 3.05) is 0 Å². The van der Waals surface area contributed by atoms with E-state index in [1.165, 1.54) is 0 Å². The zero-order valence-electron chi connectivity index (χ0n) is 10.6. The van der Waals surface area contributed by atoms with Crippen molar-refractivity contribution >= 4 is 11.7 Å². The monoisotopic (exact) mass is 273 g/mol. The Balaban J connectivity index is 3.44. The quantitative estimate of drug-likeness (QED) is 0.677. The molecule has 0 aliphatic heterocycles. The first kappa shape index (κ1) is 15.0. The van der Waals surface area contributed by atoms with Crippen LogP contribution in [0.25, 0.3) is 0 Å². The average Bonchev–Trinajstić information content (AvgIpc) is 2.11. The maximum atomic E-state index is 13.5. The number of nitro groups is 1. The van der Waals surface area contributed by atoms with Crippen LogP contribution in [0.3, 0.4) is 0 Å². The smallest absolute Gasteiger partial charge is 0.340 e. The fourth-order valence-corrected chi connectivity index (χ4v) is 1.94. The summed E-state index contributed by atoms with van der Waals surface area (Å²) in [7, 11) is 0. The van der Waals surface area contributed by atoms with E-state index in [1.807, 2.05) is 0 Å².